The average Bonchev–Trinajstić information content (AvgIpc) is 2.87. The number of rotatable bonds is 2. The van der Waals surface area contributed by atoms with Crippen LogP contribution in [0.3, 0.4) is 0 Å². The third kappa shape index (κ3) is 1.88. The lowest BCUT2D eigenvalue weighted by atomic mass is 9.94. The van der Waals surface area contributed by atoms with E-state index in [-0.39, 0.29) is 0 Å². The number of imidazole rings is 1. The number of aromatic nitrogens is 3. The SMILES string of the molecule is CN(c1ccnc2nc[nH]c12)C1CCCCC1. The van der Waals surface area contributed by atoms with Crippen molar-refractivity contribution in [1.29, 1.82) is 0 Å². The number of pyridine rings is 1. The first kappa shape index (κ1) is 10.6. The molecule has 0 aromatic carbocycles. The summed E-state index contributed by atoms with van der Waals surface area (Å²) in [5, 5.41) is 0. The van der Waals surface area contributed by atoms with E-state index in [2.05, 4.69) is 33.0 Å². The number of aromatic amines is 1. The molecule has 2 aromatic heterocycles. The summed E-state index contributed by atoms with van der Waals surface area (Å²) in [4.78, 5) is 14.1. The van der Waals surface area contributed by atoms with Gasteiger partial charge in [0.2, 0.25) is 0 Å². The van der Waals surface area contributed by atoms with Gasteiger partial charge in [0.05, 0.1) is 12.0 Å². The molecule has 4 nitrogen and oxygen atoms in total. The molecular formula is C13H18N4. The molecule has 0 atom stereocenters. The smallest absolute Gasteiger partial charge is 0.179 e. The minimum absolute atomic E-state index is 0.664. The van der Waals surface area contributed by atoms with Gasteiger partial charge in [0, 0.05) is 19.3 Å². The Morgan fingerprint density at radius 1 is 1.24 bits per heavy atom. The molecule has 2 heterocycles. The van der Waals surface area contributed by atoms with Gasteiger partial charge in [-0.1, -0.05) is 19.3 Å². The predicted octanol–water partition coefficient (Wildman–Crippen LogP) is 2.73. The van der Waals surface area contributed by atoms with Crippen LogP contribution in [0.2, 0.25) is 0 Å². The molecule has 0 saturated heterocycles. The first-order valence-electron chi connectivity index (χ1n) is 6.37. The Labute approximate surface area is 101 Å². The number of anilines is 1. The molecule has 3 rings (SSSR count). The van der Waals surface area contributed by atoms with Gasteiger partial charge in [-0.05, 0) is 18.9 Å². The summed E-state index contributed by atoms with van der Waals surface area (Å²) in [6.45, 7) is 0. The summed E-state index contributed by atoms with van der Waals surface area (Å²) in [6, 6.07) is 2.74. The second-order valence-electron chi connectivity index (χ2n) is 4.83. The number of nitrogens with zero attached hydrogens (tertiary/aromatic N) is 3. The fourth-order valence-corrected chi connectivity index (χ4v) is 2.79. The Morgan fingerprint density at radius 2 is 2.06 bits per heavy atom. The quantitative estimate of drug-likeness (QED) is 0.862. The molecule has 2 aromatic rings. The van der Waals surface area contributed by atoms with Gasteiger partial charge in [-0.15, -0.1) is 0 Å². The van der Waals surface area contributed by atoms with Crippen molar-refractivity contribution in [2.75, 3.05) is 11.9 Å². The summed E-state index contributed by atoms with van der Waals surface area (Å²) < 4.78 is 0. The molecule has 1 saturated carbocycles. The number of nitrogens with one attached hydrogen (secondary N) is 1. The van der Waals surface area contributed by atoms with Gasteiger partial charge < -0.3 is 9.88 Å². The summed E-state index contributed by atoms with van der Waals surface area (Å²) in [6.07, 6.45) is 10.3. The maximum Gasteiger partial charge on any atom is 0.179 e. The Morgan fingerprint density at radius 3 is 2.88 bits per heavy atom. The van der Waals surface area contributed by atoms with E-state index in [4.69, 9.17) is 0 Å². The van der Waals surface area contributed by atoms with Crippen molar-refractivity contribution in [3.8, 4) is 0 Å². The summed E-state index contributed by atoms with van der Waals surface area (Å²) in [7, 11) is 2.19. The molecule has 1 aliphatic rings. The van der Waals surface area contributed by atoms with E-state index in [1.807, 2.05) is 6.20 Å². The first-order chi connectivity index (χ1) is 8.36. The van der Waals surface area contributed by atoms with Crippen LogP contribution in [0.4, 0.5) is 5.69 Å². The van der Waals surface area contributed by atoms with Crippen LogP contribution in [0.1, 0.15) is 32.1 Å². The average molecular weight is 230 g/mol. The third-order valence-corrected chi connectivity index (χ3v) is 3.81. The van der Waals surface area contributed by atoms with Gasteiger partial charge in [0.15, 0.2) is 5.65 Å². The van der Waals surface area contributed by atoms with E-state index in [1.54, 1.807) is 6.33 Å². The second kappa shape index (κ2) is 4.35. The number of H-pyrrole nitrogens is 1. The molecular weight excluding hydrogens is 212 g/mol. The highest BCUT2D eigenvalue weighted by Gasteiger charge is 2.20. The maximum absolute atomic E-state index is 4.26. The minimum atomic E-state index is 0.664. The van der Waals surface area contributed by atoms with Gasteiger partial charge in [0.1, 0.15) is 5.52 Å². The molecule has 17 heavy (non-hydrogen) atoms. The molecule has 0 amide bonds. The Bertz CT molecular complexity index is 499. The molecule has 90 valence electrons. The molecule has 0 radical (unpaired) electrons. The zero-order chi connectivity index (χ0) is 11.7. The van der Waals surface area contributed by atoms with Crippen molar-refractivity contribution >= 4 is 16.9 Å². The van der Waals surface area contributed by atoms with Crippen molar-refractivity contribution in [2.24, 2.45) is 0 Å². The van der Waals surface area contributed by atoms with Crippen molar-refractivity contribution in [2.45, 2.75) is 38.1 Å². The summed E-state index contributed by atoms with van der Waals surface area (Å²) in [5.74, 6) is 0. The summed E-state index contributed by atoms with van der Waals surface area (Å²) in [5.41, 5.74) is 3.09. The highest BCUT2D eigenvalue weighted by molar-refractivity contribution is 5.85. The third-order valence-electron chi connectivity index (χ3n) is 3.81. The molecule has 0 unspecified atom stereocenters. The molecule has 0 spiro atoms. The maximum atomic E-state index is 4.26. The van der Waals surface area contributed by atoms with Crippen LogP contribution in [0.15, 0.2) is 18.6 Å². The highest BCUT2D eigenvalue weighted by Crippen LogP contribution is 2.29. The molecule has 4 heteroatoms. The molecule has 0 aliphatic heterocycles. The zero-order valence-electron chi connectivity index (χ0n) is 10.2. The summed E-state index contributed by atoms with van der Waals surface area (Å²) >= 11 is 0. The van der Waals surface area contributed by atoms with E-state index >= 15 is 0 Å². The molecule has 0 bridgehead atoms. The largest absolute Gasteiger partial charge is 0.370 e. The zero-order valence-corrected chi connectivity index (χ0v) is 10.2. The Kier molecular flexibility index (Phi) is 2.71. The lowest BCUT2D eigenvalue weighted by Crippen LogP contribution is -2.33. The van der Waals surface area contributed by atoms with Crippen LogP contribution in [0.25, 0.3) is 11.2 Å². The van der Waals surface area contributed by atoms with Gasteiger partial charge in [-0.25, -0.2) is 9.97 Å². The monoisotopic (exact) mass is 230 g/mol. The van der Waals surface area contributed by atoms with Crippen LogP contribution in [0.5, 0.6) is 0 Å². The van der Waals surface area contributed by atoms with Crippen LogP contribution in [0, 0.1) is 0 Å². The number of fused-ring (bicyclic) bond motifs is 1. The van der Waals surface area contributed by atoms with E-state index in [0.717, 1.165) is 11.2 Å². The Hall–Kier alpha value is -1.58. The van der Waals surface area contributed by atoms with Gasteiger partial charge in [-0.3, -0.25) is 0 Å². The minimum Gasteiger partial charge on any atom is -0.370 e. The van der Waals surface area contributed by atoms with Crippen LogP contribution in [-0.4, -0.2) is 28.0 Å². The van der Waals surface area contributed by atoms with E-state index in [0.29, 0.717) is 6.04 Å². The fraction of sp³-hybridized carbons (Fsp3) is 0.538. The van der Waals surface area contributed by atoms with E-state index in [9.17, 15) is 0 Å². The normalized spacial score (nSPS) is 17.5. The molecule has 1 aliphatic carbocycles. The first-order valence-corrected chi connectivity index (χ1v) is 6.37. The highest BCUT2D eigenvalue weighted by atomic mass is 15.1. The van der Waals surface area contributed by atoms with Crippen molar-refractivity contribution in [3.63, 3.8) is 0 Å². The van der Waals surface area contributed by atoms with E-state index < -0.39 is 0 Å². The lowest BCUT2D eigenvalue weighted by Gasteiger charge is -2.33. The number of hydrogen-bond acceptors (Lipinski definition) is 3. The molecule has 1 N–H and O–H groups in total. The van der Waals surface area contributed by atoms with Crippen molar-refractivity contribution < 1.29 is 0 Å². The van der Waals surface area contributed by atoms with Crippen molar-refractivity contribution in [3.05, 3.63) is 18.6 Å². The van der Waals surface area contributed by atoms with Gasteiger partial charge in [0.25, 0.3) is 0 Å². The van der Waals surface area contributed by atoms with Crippen LogP contribution >= 0.6 is 0 Å². The standard InChI is InChI=1S/C13H18N4/c1-17(10-5-3-2-4-6-10)11-7-8-14-13-12(11)15-9-16-13/h7-10H,2-6H2,1H3,(H,14,15,16). The lowest BCUT2D eigenvalue weighted by molar-refractivity contribution is 0.428. The number of hydrogen-bond donors (Lipinski definition) is 1. The van der Waals surface area contributed by atoms with Gasteiger partial charge in [-0.2, -0.15) is 0 Å². The van der Waals surface area contributed by atoms with Crippen molar-refractivity contribution in [1.82, 2.24) is 15.0 Å². The Balaban J connectivity index is 1.94. The van der Waals surface area contributed by atoms with E-state index in [1.165, 1.54) is 37.8 Å². The fourth-order valence-electron chi connectivity index (χ4n) is 2.79. The predicted molar refractivity (Wildman–Crippen MR) is 69.2 cm³/mol. The topological polar surface area (TPSA) is 44.8 Å². The van der Waals surface area contributed by atoms with Crippen LogP contribution < -0.4 is 4.90 Å². The second-order valence-corrected chi connectivity index (χ2v) is 4.83. The van der Waals surface area contributed by atoms with Gasteiger partial charge >= 0.3 is 0 Å². The molecule has 1 fully saturated rings. The van der Waals surface area contributed by atoms with Crippen LogP contribution in [-0.2, 0) is 0 Å².